The molecule has 0 radical (unpaired) electrons. The van der Waals surface area contributed by atoms with Gasteiger partial charge in [0.2, 0.25) is 0 Å². The van der Waals surface area contributed by atoms with Gasteiger partial charge >= 0.3 is 5.97 Å². The zero-order chi connectivity index (χ0) is 33.3. The number of carbonyl (C=O) groups is 1. The lowest BCUT2D eigenvalue weighted by atomic mass is 9.41. The van der Waals surface area contributed by atoms with Crippen molar-refractivity contribution in [1.29, 1.82) is 0 Å². The first-order chi connectivity index (χ1) is 22.0. The standard InChI is InChI=1S/C37H56O10/c1-18-12-37(30-33(6,47-30)17-43-37)46-21-13-32(5)23-9-8-22-31(3,4)24(45-29-28(41)27(40)20(39)15-42-29)10-11-35(22)16-36(23,35)14-25(44-19(2)38)34(32,7)26(18)21/h18,20-30,39-41H,8-17H2,1-7H3/t18-,20-,21+,22+,23+,24+,25+,26+,27+,28-,29+,30+,32+,33+,34-,35-,36+,37-/m1/s1. The molecular formula is C37H56O10. The maximum atomic E-state index is 12.9. The number of ether oxygens (including phenoxy) is 6. The van der Waals surface area contributed by atoms with Crippen LogP contribution in [0.1, 0.15) is 99.8 Å². The highest BCUT2D eigenvalue weighted by atomic mass is 16.8. The van der Waals surface area contributed by atoms with E-state index in [1.165, 1.54) is 0 Å². The quantitative estimate of drug-likeness (QED) is 0.234. The van der Waals surface area contributed by atoms with Crippen LogP contribution >= 0.6 is 0 Å². The number of aliphatic hydroxyl groups excluding tert-OH is 3. The van der Waals surface area contributed by atoms with E-state index in [4.69, 9.17) is 28.4 Å². The highest BCUT2D eigenvalue weighted by Crippen LogP contribution is 2.89. The van der Waals surface area contributed by atoms with Gasteiger partial charge in [0, 0.05) is 18.8 Å². The van der Waals surface area contributed by atoms with Crippen LogP contribution in [0.4, 0.5) is 0 Å². The van der Waals surface area contributed by atoms with Crippen LogP contribution in [0.5, 0.6) is 0 Å². The molecule has 9 aliphatic rings. The predicted octanol–water partition coefficient (Wildman–Crippen LogP) is 3.71. The van der Waals surface area contributed by atoms with Gasteiger partial charge in [-0.15, -0.1) is 0 Å². The summed E-state index contributed by atoms with van der Waals surface area (Å²) in [4.78, 5) is 12.9. The van der Waals surface area contributed by atoms with Gasteiger partial charge in [-0.05, 0) is 97.2 Å². The molecule has 0 unspecified atom stereocenters. The summed E-state index contributed by atoms with van der Waals surface area (Å²) >= 11 is 0. The van der Waals surface area contributed by atoms with Crippen molar-refractivity contribution in [3.8, 4) is 0 Å². The first-order valence-electron chi connectivity index (χ1n) is 18.5. The minimum Gasteiger partial charge on any atom is -0.462 e. The lowest BCUT2D eigenvalue weighted by molar-refractivity contribution is -0.309. The van der Waals surface area contributed by atoms with Crippen molar-refractivity contribution in [3.05, 3.63) is 0 Å². The molecule has 0 aromatic rings. The van der Waals surface area contributed by atoms with Crippen molar-refractivity contribution in [3.63, 3.8) is 0 Å². The van der Waals surface area contributed by atoms with Gasteiger partial charge in [0.25, 0.3) is 0 Å². The number of hydrogen-bond acceptors (Lipinski definition) is 10. The Hall–Kier alpha value is -0.850. The topological polar surface area (TPSA) is 136 Å². The van der Waals surface area contributed by atoms with E-state index in [-0.39, 0.29) is 75.6 Å². The Morgan fingerprint density at radius 2 is 1.62 bits per heavy atom. The predicted molar refractivity (Wildman–Crippen MR) is 166 cm³/mol. The maximum Gasteiger partial charge on any atom is 0.302 e. The molecule has 4 saturated heterocycles. The summed E-state index contributed by atoms with van der Waals surface area (Å²) in [6.45, 7) is 16.1. The van der Waals surface area contributed by atoms with Gasteiger partial charge in [-0.3, -0.25) is 4.79 Å². The normalized spacial score (nSPS) is 62.8. The van der Waals surface area contributed by atoms with Crippen molar-refractivity contribution in [2.24, 2.45) is 50.7 Å². The molecule has 4 heterocycles. The van der Waals surface area contributed by atoms with E-state index in [0.29, 0.717) is 24.4 Å². The van der Waals surface area contributed by atoms with E-state index >= 15 is 0 Å². The molecule has 9 fully saturated rings. The molecule has 0 aromatic heterocycles. The van der Waals surface area contributed by atoms with Gasteiger partial charge in [0.1, 0.15) is 36.1 Å². The largest absolute Gasteiger partial charge is 0.462 e. The fourth-order valence-corrected chi connectivity index (χ4v) is 14.6. The number of esters is 1. The zero-order valence-electron chi connectivity index (χ0n) is 29.2. The summed E-state index contributed by atoms with van der Waals surface area (Å²) in [7, 11) is 0. The summed E-state index contributed by atoms with van der Waals surface area (Å²) in [5.74, 6) is 0.642. The minimum atomic E-state index is -1.29. The Morgan fingerprint density at radius 1 is 0.872 bits per heavy atom. The molecule has 0 amide bonds. The van der Waals surface area contributed by atoms with Crippen LogP contribution in [0.15, 0.2) is 0 Å². The molecule has 0 bridgehead atoms. The smallest absolute Gasteiger partial charge is 0.302 e. The third-order valence-corrected chi connectivity index (χ3v) is 16.6. The summed E-state index contributed by atoms with van der Waals surface area (Å²) in [5.41, 5.74) is -0.492. The maximum absolute atomic E-state index is 12.9. The SMILES string of the molecule is CC(=O)O[C@H]1C[C@@]23C[C@@]24CC[C@H](O[C@@H]2OC[C@@H](O)[C@H](O)[C@H]2O)C(C)(C)[C@@H]4CC[C@H]3[C@]2(C)C[C@@H]3O[C@@]4(C[C@@H](C)[C@@H]3[C@@]12C)OC[C@]1(C)O[C@H]41. The first kappa shape index (κ1) is 32.1. The lowest BCUT2D eigenvalue weighted by Gasteiger charge is -2.65. The molecule has 5 saturated carbocycles. The summed E-state index contributed by atoms with van der Waals surface area (Å²) in [6, 6.07) is 0. The summed E-state index contributed by atoms with van der Waals surface area (Å²) in [6.07, 6.45) is 2.89. The van der Waals surface area contributed by atoms with E-state index in [1.807, 2.05) is 0 Å². The molecule has 47 heavy (non-hydrogen) atoms. The Kier molecular flexibility index (Phi) is 6.50. The van der Waals surface area contributed by atoms with Gasteiger partial charge < -0.3 is 43.7 Å². The van der Waals surface area contributed by atoms with E-state index in [1.54, 1.807) is 6.92 Å². The van der Waals surface area contributed by atoms with E-state index < -0.39 is 30.4 Å². The van der Waals surface area contributed by atoms with Crippen LogP contribution in [-0.2, 0) is 33.2 Å². The van der Waals surface area contributed by atoms with Crippen LogP contribution in [0.2, 0.25) is 0 Å². The van der Waals surface area contributed by atoms with E-state index in [0.717, 1.165) is 51.4 Å². The van der Waals surface area contributed by atoms with Crippen LogP contribution in [-0.4, -0.2) is 94.9 Å². The Balaban J connectivity index is 1.03. The number of epoxide rings is 1. The van der Waals surface area contributed by atoms with Crippen molar-refractivity contribution >= 4 is 5.97 Å². The second-order valence-corrected chi connectivity index (χ2v) is 18.9. The Labute approximate surface area is 278 Å². The molecule has 3 spiro atoms. The van der Waals surface area contributed by atoms with Crippen molar-refractivity contribution in [2.75, 3.05) is 13.2 Å². The summed E-state index contributed by atoms with van der Waals surface area (Å²) in [5, 5.41) is 31.0. The highest BCUT2D eigenvalue weighted by Gasteiger charge is 2.86. The monoisotopic (exact) mass is 660 g/mol. The van der Waals surface area contributed by atoms with E-state index in [9.17, 15) is 20.1 Å². The van der Waals surface area contributed by atoms with Crippen molar-refractivity contribution in [1.82, 2.24) is 0 Å². The molecule has 0 aromatic carbocycles. The van der Waals surface area contributed by atoms with Crippen LogP contribution in [0.3, 0.4) is 0 Å². The van der Waals surface area contributed by atoms with Gasteiger partial charge in [0.05, 0.1) is 25.4 Å². The number of fused-ring (bicyclic) bond motifs is 6. The molecule has 5 aliphatic carbocycles. The van der Waals surface area contributed by atoms with Gasteiger partial charge in [0.15, 0.2) is 12.1 Å². The average Bonchev–Trinajstić information content (AvgIpc) is 3.81. The average molecular weight is 661 g/mol. The second kappa shape index (κ2) is 9.52. The Bertz CT molecular complexity index is 1360. The highest BCUT2D eigenvalue weighted by molar-refractivity contribution is 5.66. The van der Waals surface area contributed by atoms with Crippen molar-refractivity contribution < 1.29 is 48.5 Å². The number of carbonyl (C=O) groups excluding carboxylic acids is 1. The summed E-state index contributed by atoms with van der Waals surface area (Å²) < 4.78 is 38.4. The van der Waals surface area contributed by atoms with Crippen molar-refractivity contribution in [2.45, 2.75) is 160 Å². The van der Waals surface area contributed by atoms with Gasteiger partial charge in [-0.2, -0.15) is 0 Å². The lowest BCUT2D eigenvalue weighted by Crippen LogP contribution is -2.64. The number of rotatable bonds is 3. The van der Waals surface area contributed by atoms with Gasteiger partial charge in [-0.25, -0.2) is 0 Å². The third kappa shape index (κ3) is 3.78. The van der Waals surface area contributed by atoms with Crippen LogP contribution < -0.4 is 0 Å². The molecule has 9 rings (SSSR count). The minimum absolute atomic E-state index is 0.00697. The molecule has 10 nitrogen and oxygen atoms in total. The number of aliphatic hydroxyl groups is 3. The second-order valence-electron chi connectivity index (χ2n) is 18.9. The molecule has 10 heteroatoms. The molecular weight excluding hydrogens is 604 g/mol. The molecule has 3 N–H and O–H groups in total. The van der Waals surface area contributed by atoms with Crippen LogP contribution in [0.25, 0.3) is 0 Å². The molecule has 4 aliphatic heterocycles. The van der Waals surface area contributed by atoms with Gasteiger partial charge in [-0.1, -0.05) is 34.6 Å². The number of hydrogen-bond donors (Lipinski definition) is 3. The van der Waals surface area contributed by atoms with E-state index in [2.05, 4.69) is 41.5 Å². The van der Waals surface area contributed by atoms with Crippen LogP contribution in [0, 0.1) is 50.7 Å². The third-order valence-electron chi connectivity index (χ3n) is 16.6. The fourth-order valence-electron chi connectivity index (χ4n) is 14.6. The fraction of sp³-hybridized carbons (Fsp3) is 0.973. The zero-order valence-corrected chi connectivity index (χ0v) is 29.2. The Morgan fingerprint density at radius 3 is 2.30 bits per heavy atom. The first-order valence-corrected chi connectivity index (χ1v) is 18.5. The molecule has 264 valence electrons. The molecule has 18 atom stereocenters.